The van der Waals surface area contributed by atoms with Crippen LogP contribution in [0.5, 0.6) is 0 Å². The van der Waals surface area contributed by atoms with Crippen molar-refractivity contribution in [2.75, 3.05) is 0 Å². The number of pyridine rings is 1. The van der Waals surface area contributed by atoms with E-state index in [1.807, 2.05) is 6.20 Å². The molecule has 1 aliphatic rings. The third-order valence-electron chi connectivity index (χ3n) is 2.77. The molecule has 1 fully saturated rings. The monoisotopic (exact) mass is 276 g/mol. The van der Waals surface area contributed by atoms with Gasteiger partial charge in [0.25, 0.3) is 0 Å². The van der Waals surface area contributed by atoms with Crippen LogP contribution in [0.25, 0.3) is 0 Å². The van der Waals surface area contributed by atoms with E-state index >= 15 is 0 Å². The Morgan fingerprint density at radius 3 is 2.64 bits per heavy atom. The van der Waals surface area contributed by atoms with E-state index < -0.39 is 0 Å². The Hall–Kier alpha value is -0.120. The SMILES string of the molecule is Cl.N[C@@H](c1cncc(Br)c1)C1CCC1. The van der Waals surface area contributed by atoms with E-state index in [0.29, 0.717) is 5.92 Å². The number of halogens is 2. The first-order chi connectivity index (χ1) is 6.27. The van der Waals surface area contributed by atoms with Gasteiger partial charge >= 0.3 is 0 Å². The standard InChI is InChI=1S/C10H13BrN2.ClH/c11-9-4-8(5-13-6-9)10(12)7-2-1-3-7;/h4-7,10H,1-3,12H2;1H/t10-;/m1./s1. The van der Waals surface area contributed by atoms with Crippen molar-refractivity contribution in [1.82, 2.24) is 4.98 Å². The summed E-state index contributed by atoms with van der Waals surface area (Å²) in [5.41, 5.74) is 7.26. The Balaban J connectivity index is 0.000000980. The fraction of sp³-hybridized carbons (Fsp3) is 0.500. The van der Waals surface area contributed by atoms with Crippen LogP contribution in [0, 0.1) is 5.92 Å². The molecular formula is C10H14BrClN2. The van der Waals surface area contributed by atoms with Crippen LogP contribution in [0.4, 0.5) is 0 Å². The van der Waals surface area contributed by atoms with Gasteiger partial charge in [0.05, 0.1) is 0 Å². The Kier molecular flexibility index (Phi) is 4.35. The van der Waals surface area contributed by atoms with Crippen molar-refractivity contribution >= 4 is 28.3 Å². The number of nitrogens with zero attached hydrogens (tertiary/aromatic N) is 1. The highest BCUT2D eigenvalue weighted by Gasteiger charge is 2.25. The van der Waals surface area contributed by atoms with Crippen LogP contribution in [-0.2, 0) is 0 Å². The molecule has 0 spiro atoms. The Morgan fingerprint density at radius 2 is 2.14 bits per heavy atom. The first kappa shape index (κ1) is 12.0. The Labute approximate surface area is 98.8 Å². The van der Waals surface area contributed by atoms with Gasteiger partial charge in [0.15, 0.2) is 0 Å². The van der Waals surface area contributed by atoms with Crippen LogP contribution in [0.1, 0.15) is 30.9 Å². The summed E-state index contributed by atoms with van der Waals surface area (Å²) >= 11 is 3.40. The van der Waals surface area contributed by atoms with Crippen molar-refractivity contribution in [3.8, 4) is 0 Å². The van der Waals surface area contributed by atoms with E-state index in [2.05, 4.69) is 27.0 Å². The number of nitrogens with two attached hydrogens (primary N) is 1. The lowest BCUT2D eigenvalue weighted by molar-refractivity contribution is 0.264. The van der Waals surface area contributed by atoms with Crippen molar-refractivity contribution in [2.24, 2.45) is 11.7 Å². The van der Waals surface area contributed by atoms with Crippen LogP contribution in [0.2, 0.25) is 0 Å². The van der Waals surface area contributed by atoms with Gasteiger partial charge in [-0.25, -0.2) is 0 Å². The molecule has 1 aromatic heterocycles. The van der Waals surface area contributed by atoms with E-state index in [4.69, 9.17) is 5.73 Å². The summed E-state index contributed by atoms with van der Waals surface area (Å²) in [5.74, 6) is 0.677. The zero-order chi connectivity index (χ0) is 9.26. The van der Waals surface area contributed by atoms with Gasteiger partial charge in [-0.05, 0) is 46.3 Å². The predicted molar refractivity (Wildman–Crippen MR) is 63.5 cm³/mol. The fourth-order valence-electron chi connectivity index (χ4n) is 1.68. The second kappa shape index (κ2) is 5.10. The molecule has 0 amide bonds. The van der Waals surface area contributed by atoms with E-state index in [-0.39, 0.29) is 18.4 Å². The molecule has 0 saturated heterocycles. The molecule has 1 heterocycles. The maximum atomic E-state index is 6.11. The van der Waals surface area contributed by atoms with E-state index in [1.54, 1.807) is 6.20 Å². The molecule has 0 radical (unpaired) electrons. The lowest BCUT2D eigenvalue weighted by Crippen LogP contribution is -2.26. The topological polar surface area (TPSA) is 38.9 Å². The zero-order valence-electron chi connectivity index (χ0n) is 7.82. The van der Waals surface area contributed by atoms with E-state index in [1.165, 1.54) is 19.3 Å². The maximum Gasteiger partial charge on any atom is 0.0410 e. The summed E-state index contributed by atoms with van der Waals surface area (Å²) in [7, 11) is 0. The molecule has 1 saturated carbocycles. The van der Waals surface area contributed by atoms with Crippen molar-refractivity contribution in [3.63, 3.8) is 0 Å². The lowest BCUT2D eigenvalue weighted by atomic mass is 9.78. The minimum Gasteiger partial charge on any atom is -0.324 e. The van der Waals surface area contributed by atoms with Gasteiger partial charge in [-0.1, -0.05) is 6.42 Å². The van der Waals surface area contributed by atoms with Crippen LogP contribution >= 0.6 is 28.3 Å². The number of hydrogen-bond donors (Lipinski definition) is 1. The van der Waals surface area contributed by atoms with Crippen LogP contribution in [-0.4, -0.2) is 4.98 Å². The summed E-state index contributed by atoms with van der Waals surface area (Å²) < 4.78 is 1.01. The highest BCUT2D eigenvalue weighted by Crippen LogP contribution is 2.36. The molecule has 2 rings (SSSR count). The summed E-state index contributed by atoms with van der Waals surface area (Å²) in [4.78, 5) is 4.12. The zero-order valence-corrected chi connectivity index (χ0v) is 10.2. The van der Waals surface area contributed by atoms with E-state index in [9.17, 15) is 0 Å². The molecular weight excluding hydrogens is 263 g/mol. The predicted octanol–water partition coefficient (Wildman–Crippen LogP) is 3.07. The average Bonchev–Trinajstić information content (AvgIpc) is 2.01. The van der Waals surface area contributed by atoms with Gasteiger partial charge in [-0.2, -0.15) is 0 Å². The molecule has 1 aromatic rings. The minimum absolute atomic E-state index is 0. The van der Waals surface area contributed by atoms with Crippen LogP contribution in [0.15, 0.2) is 22.9 Å². The summed E-state index contributed by atoms with van der Waals surface area (Å²) in [6.07, 6.45) is 7.53. The van der Waals surface area contributed by atoms with Crippen molar-refractivity contribution < 1.29 is 0 Å². The Bertz CT molecular complexity index is 302. The van der Waals surface area contributed by atoms with Crippen molar-refractivity contribution in [3.05, 3.63) is 28.5 Å². The second-order valence-corrected chi connectivity index (χ2v) is 4.57. The molecule has 0 bridgehead atoms. The average molecular weight is 278 g/mol. The molecule has 78 valence electrons. The Morgan fingerprint density at radius 1 is 1.43 bits per heavy atom. The molecule has 2 nitrogen and oxygen atoms in total. The summed E-state index contributed by atoms with van der Waals surface area (Å²) in [6, 6.07) is 2.24. The molecule has 0 aliphatic heterocycles. The first-order valence-electron chi connectivity index (χ1n) is 4.63. The van der Waals surface area contributed by atoms with Crippen molar-refractivity contribution in [1.29, 1.82) is 0 Å². The molecule has 2 N–H and O–H groups in total. The largest absolute Gasteiger partial charge is 0.324 e. The molecule has 4 heteroatoms. The number of hydrogen-bond acceptors (Lipinski definition) is 2. The van der Waals surface area contributed by atoms with Gasteiger partial charge in [-0.3, -0.25) is 4.98 Å². The normalized spacial score (nSPS) is 18.1. The van der Waals surface area contributed by atoms with Crippen LogP contribution < -0.4 is 5.73 Å². The summed E-state index contributed by atoms with van der Waals surface area (Å²) in [5, 5.41) is 0. The summed E-state index contributed by atoms with van der Waals surface area (Å²) in [6.45, 7) is 0. The smallest absolute Gasteiger partial charge is 0.0410 e. The van der Waals surface area contributed by atoms with Gasteiger partial charge in [0.2, 0.25) is 0 Å². The third-order valence-corrected chi connectivity index (χ3v) is 3.20. The fourth-order valence-corrected chi connectivity index (χ4v) is 2.06. The quantitative estimate of drug-likeness (QED) is 0.902. The molecule has 0 aromatic carbocycles. The molecule has 1 atom stereocenters. The van der Waals surface area contributed by atoms with Crippen LogP contribution in [0.3, 0.4) is 0 Å². The third kappa shape index (κ3) is 2.47. The number of rotatable bonds is 2. The maximum absolute atomic E-state index is 6.11. The highest BCUT2D eigenvalue weighted by molar-refractivity contribution is 9.10. The van der Waals surface area contributed by atoms with Gasteiger partial charge in [-0.15, -0.1) is 12.4 Å². The first-order valence-corrected chi connectivity index (χ1v) is 5.42. The van der Waals surface area contributed by atoms with Crippen molar-refractivity contribution in [2.45, 2.75) is 25.3 Å². The van der Waals surface area contributed by atoms with E-state index in [0.717, 1.165) is 10.0 Å². The van der Waals surface area contributed by atoms with Gasteiger partial charge in [0, 0.05) is 22.9 Å². The molecule has 14 heavy (non-hydrogen) atoms. The molecule has 0 unspecified atom stereocenters. The van der Waals surface area contributed by atoms with Gasteiger partial charge < -0.3 is 5.73 Å². The minimum atomic E-state index is 0. The second-order valence-electron chi connectivity index (χ2n) is 3.65. The highest BCUT2D eigenvalue weighted by atomic mass is 79.9. The molecule has 1 aliphatic carbocycles. The van der Waals surface area contributed by atoms with Gasteiger partial charge in [0.1, 0.15) is 0 Å². The number of aromatic nitrogens is 1. The lowest BCUT2D eigenvalue weighted by Gasteiger charge is -2.31.